The molecule has 1 aromatic rings. The van der Waals surface area contributed by atoms with Crippen molar-refractivity contribution in [3.8, 4) is 0 Å². The molecule has 110 valence electrons. The van der Waals surface area contributed by atoms with Crippen LogP contribution in [0.5, 0.6) is 0 Å². The molecule has 2 N–H and O–H groups in total. The summed E-state index contributed by atoms with van der Waals surface area (Å²) in [5, 5.41) is 11.2. The van der Waals surface area contributed by atoms with Crippen molar-refractivity contribution < 1.29 is 19.5 Å². The van der Waals surface area contributed by atoms with Gasteiger partial charge < -0.3 is 15.3 Å². The zero-order chi connectivity index (χ0) is 15.3. The fourth-order valence-electron chi connectivity index (χ4n) is 1.31. The normalized spacial score (nSPS) is 11.8. The minimum absolute atomic E-state index is 0.0424. The summed E-state index contributed by atoms with van der Waals surface area (Å²) >= 11 is 4.56. The summed E-state index contributed by atoms with van der Waals surface area (Å²) in [5.41, 5.74) is 0. The van der Waals surface area contributed by atoms with Crippen molar-refractivity contribution in [3.63, 3.8) is 0 Å². The van der Waals surface area contributed by atoms with Gasteiger partial charge in [0.05, 0.1) is 21.1 Å². The Labute approximate surface area is 128 Å². The highest BCUT2D eigenvalue weighted by Crippen LogP contribution is 2.22. The summed E-state index contributed by atoms with van der Waals surface area (Å²) in [5.74, 6) is -2.27. The molecule has 20 heavy (non-hydrogen) atoms. The lowest BCUT2D eigenvalue weighted by Gasteiger charge is -2.16. The van der Waals surface area contributed by atoms with Crippen LogP contribution < -0.4 is 5.32 Å². The maximum Gasteiger partial charge on any atom is 0.308 e. The molecular formula is C12H15BrN2O4S. The molecule has 2 amide bonds. The number of carbonyl (C=O) groups is 3. The van der Waals surface area contributed by atoms with Gasteiger partial charge in [0.15, 0.2) is 0 Å². The van der Waals surface area contributed by atoms with Gasteiger partial charge in [-0.15, -0.1) is 11.3 Å². The van der Waals surface area contributed by atoms with Gasteiger partial charge in [-0.25, -0.2) is 0 Å². The zero-order valence-electron chi connectivity index (χ0n) is 11.1. The number of carboxylic acid groups (broad SMARTS) is 1. The summed E-state index contributed by atoms with van der Waals surface area (Å²) < 4.78 is 0.842. The van der Waals surface area contributed by atoms with E-state index in [1.165, 1.54) is 30.2 Å². The number of amides is 2. The molecule has 1 aromatic heterocycles. The first-order chi connectivity index (χ1) is 9.31. The van der Waals surface area contributed by atoms with Crippen LogP contribution in [0, 0.1) is 5.92 Å². The molecular weight excluding hydrogens is 348 g/mol. The van der Waals surface area contributed by atoms with Gasteiger partial charge in [0.25, 0.3) is 5.91 Å². The number of likely N-dealkylation sites (N-methyl/N-ethyl adjacent to an activating group) is 1. The Morgan fingerprint density at radius 2 is 2.10 bits per heavy atom. The number of hydrogen-bond donors (Lipinski definition) is 2. The molecule has 0 aliphatic carbocycles. The first-order valence-corrected chi connectivity index (χ1v) is 7.42. The van der Waals surface area contributed by atoms with Gasteiger partial charge in [-0.2, -0.15) is 0 Å². The van der Waals surface area contributed by atoms with Crippen LogP contribution in [-0.2, 0) is 9.59 Å². The van der Waals surface area contributed by atoms with Gasteiger partial charge in [-0.05, 0) is 28.1 Å². The van der Waals surface area contributed by atoms with E-state index in [1.54, 1.807) is 12.1 Å². The summed E-state index contributed by atoms with van der Waals surface area (Å²) in [6, 6.07) is 3.44. The van der Waals surface area contributed by atoms with Crippen LogP contribution in [-0.4, -0.2) is 47.9 Å². The first kappa shape index (κ1) is 16.6. The monoisotopic (exact) mass is 362 g/mol. The number of thiophene rings is 1. The van der Waals surface area contributed by atoms with Gasteiger partial charge in [0, 0.05) is 13.6 Å². The average Bonchev–Trinajstić information content (AvgIpc) is 2.81. The third-order valence-electron chi connectivity index (χ3n) is 2.54. The Balaban J connectivity index is 2.45. The van der Waals surface area contributed by atoms with Crippen molar-refractivity contribution in [3.05, 3.63) is 20.8 Å². The molecule has 0 saturated carbocycles. The number of rotatable bonds is 6. The fourth-order valence-corrected chi connectivity index (χ4v) is 2.70. The van der Waals surface area contributed by atoms with E-state index in [-0.39, 0.29) is 24.9 Å². The summed E-state index contributed by atoms with van der Waals surface area (Å²) in [7, 11) is 1.52. The van der Waals surface area contributed by atoms with Crippen molar-refractivity contribution in [2.45, 2.75) is 6.92 Å². The van der Waals surface area contributed by atoms with Crippen LogP contribution in [0.4, 0.5) is 0 Å². The third-order valence-corrected chi connectivity index (χ3v) is 4.15. The second-order valence-corrected chi connectivity index (χ2v) is 6.77. The Bertz CT molecular complexity index is 517. The van der Waals surface area contributed by atoms with Crippen LogP contribution >= 0.6 is 27.3 Å². The van der Waals surface area contributed by atoms with Gasteiger partial charge in [-0.1, -0.05) is 6.92 Å². The SMILES string of the molecule is CC(CNC(=O)CN(C)C(=O)c1ccc(Br)s1)C(=O)O. The first-order valence-electron chi connectivity index (χ1n) is 5.81. The molecule has 0 fully saturated rings. The van der Waals surface area contributed by atoms with E-state index in [9.17, 15) is 14.4 Å². The number of nitrogens with one attached hydrogen (secondary N) is 1. The Morgan fingerprint density at radius 3 is 2.60 bits per heavy atom. The largest absolute Gasteiger partial charge is 0.481 e. The van der Waals surface area contributed by atoms with E-state index in [4.69, 9.17) is 5.11 Å². The number of carboxylic acids is 1. The van der Waals surface area contributed by atoms with E-state index in [2.05, 4.69) is 21.2 Å². The highest BCUT2D eigenvalue weighted by molar-refractivity contribution is 9.11. The maximum atomic E-state index is 12.0. The minimum Gasteiger partial charge on any atom is -0.481 e. The van der Waals surface area contributed by atoms with Crippen molar-refractivity contribution in [2.75, 3.05) is 20.1 Å². The molecule has 1 rings (SSSR count). The second-order valence-electron chi connectivity index (χ2n) is 4.31. The lowest BCUT2D eigenvalue weighted by atomic mass is 10.2. The molecule has 0 bridgehead atoms. The van der Waals surface area contributed by atoms with Crippen LogP contribution in [0.1, 0.15) is 16.6 Å². The lowest BCUT2D eigenvalue weighted by Crippen LogP contribution is -2.40. The third kappa shape index (κ3) is 4.93. The maximum absolute atomic E-state index is 12.0. The molecule has 1 atom stereocenters. The number of hydrogen-bond acceptors (Lipinski definition) is 4. The molecule has 0 aliphatic rings. The van der Waals surface area contributed by atoms with Gasteiger partial charge in [0.2, 0.25) is 5.91 Å². The van der Waals surface area contributed by atoms with Gasteiger partial charge >= 0.3 is 5.97 Å². The lowest BCUT2D eigenvalue weighted by molar-refractivity contribution is -0.141. The van der Waals surface area contributed by atoms with E-state index in [0.717, 1.165) is 3.79 Å². The molecule has 6 nitrogen and oxygen atoms in total. The quantitative estimate of drug-likeness (QED) is 0.800. The molecule has 0 aliphatic heterocycles. The number of aliphatic carboxylic acids is 1. The molecule has 1 heterocycles. The molecule has 0 spiro atoms. The molecule has 0 saturated heterocycles. The number of carbonyl (C=O) groups excluding carboxylic acids is 2. The number of nitrogens with zero attached hydrogens (tertiary/aromatic N) is 1. The van der Waals surface area contributed by atoms with Crippen molar-refractivity contribution in [2.24, 2.45) is 5.92 Å². The molecule has 0 radical (unpaired) electrons. The standard InChI is InChI=1S/C12H15BrN2O4S/c1-7(12(18)19)5-14-10(16)6-15(2)11(17)8-3-4-9(13)20-8/h3-4,7H,5-6H2,1-2H3,(H,14,16)(H,18,19). The highest BCUT2D eigenvalue weighted by atomic mass is 79.9. The van der Waals surface area contributed by atoms with Gasteiger partial charge in [-0.3, -0.25) is 14.4 Å². The van der Waals surface area contributed by atoms with E-state index >= 15 is 0 Å². The predicted molar refractivity (Wildman–Crippen MR) is 78.8 cm³/mol. The summed E-state index contributed by atoms with van der Waals surface area (Å²) in [6.07, 6.45) is 0. The van der Waals surface area contributed by atoms with Crippen LogP contribution in [0.15, 0.2) is 15.9 Å². The molecule has 0 aromatic carbocycles. The van der Waals surface area contributed by atoms with E-state index in [0.29, 0.717) is 4.88 Å². The predicted octanol–water partition coefficient (Wildman–Crippen LogP) is 1.42. The number of halogens is 1. The topological polar surface area (TPSA) is 86.7 Å². The van der Waals surface area contributed by atoms with Crippen molar-refractivity contribution in [1.29, 1.82) is 0 Å². The second kappa shape index (κ2) is 7.39. The van der Waals surface area contributed by atoms with Gasteiger partial charge in [0.1, 0.15) is 0 Å². The summed E-state index contributed by atoms with van der Waals surface area (Å²) in [4.78, 5) is 36.0. The van der Waals surface area contributed by atoms with Crippen molar-refractivity contribution >= 4 is 45.1 Å². The van der Waals surface area contributed by atoms with E-state index < -0.39 is 11.9 Å². The molecule has 8 heteroatoms. The Kier molecular flexibility index (Phi) is 6.15. The van der Waals surface area contributed by atoms with E-state index in [1.807, 2.05) is 0 Å². The van der Waals surface area contributed by atoms with Crippen molar-refractivity contribution in [1.82, 2.24) is 10.2 Å². The Morgan fingerprint density at radius 1 is 1.45 bits per heavy atom. The highest BCUT2D eigenvalue weighted by Gasteiger charge is 2.18. The Hall–Kier alpha value is -1.41. The van der Waals surface area contributed by atoms with Crippen LogP contribution in [0.2, 0.25) is 0 Å². The van der Waals surface area contributed by atoms with Crippen LogP contribution in [0.3, 0.4) is 0 Å². The minimum atomic E-state index is -0.974. The zero-order valence-corrected chi connectivity index (χ0v) is 13.5. The fraction of sp³-hybridized carbons (Fsp3) is 0.417. The van der Waals surface area contributed by atoms with Crippen LogP contribution in [0.25, 0.3) is 0 Å². The summed E-state index contributed by atoms with van der Waals surface area (Å²) in [6.45, 7) is 1.43. The smallest absolute Gasteiger partial charge is 0.308 e. The average molecular weight is 363 g/mol. The molecule has 1 unspecified atom stereocenters.